The molecule has 0 aliphatic carbocycles. The van der Waals surface area contributed by atoms with Crippen molar-refractivity contribution >= 4 is 22.1 Å². The number of halogens is 1. The fourth-order valence-corrected chi connectivity index (χ4v) is 3.18. The van der Waals surface area contributed by atoms with Gasteiger partial charge in [0.05, 0.1) is 0 Å². The summed E-state index contributed by atoms with van der Waals surface area (Å²) in [6, 6.07) is 15.4. The van der Waals surface area contributed by atoms with Crippen LogP contribution in [0.1, 0.15) is 11.8 Å². The third kappa shape index (κ3) is 1.83. The van der Waals surface area contributed by atoms with Gasteiger partial charge in [-0.05, 0) is 35.6 Å². The largest absolute Gasteiger partial charge is 0.206 e. The quantitative estimate of drug-likeness (QED) is 0.586. The van der Waals surface area contributed by atoms with Gasteiger partial charge in [0, 0.05) is 15.1 Å². The Labute approximate surface area is 110 Å². The van der Waals surface area contributed by atoms with Crippen LogP contribution in [0.5, 0.6) is 0 Å². The lowest BCUT2D eigenvalue weighted by Gasteiger charge is -2.05. The summed E-state index contributed by atoms with van der Waals surface area (Å²) in [5.41, 5.74) is 1.12. The Morgan fingerprint density at radius 3 is 2.44 bits per heavy atom. The van der Waals surface area contributed by atoms with Crippen molar-refractivity contribution in [3.63, 3.8) is 0 Å². The van der Waals surface area contributed by atoms with Crippen molar-refractivity contribution < 1.29 is 4.39 Å². The van der Waals surface area contributed by atoms with Gasteiger partial charge in [-0.1, -0.05) is 37.3 Å². The highest BCUT2D eigenvalue weighted by molar-refractivity contribution is 7.15. The molecule has 2 aromatic carbocycles. The zero-order valence-electron chi connectivity index (χ0n) is 10.1. The van der Waals surface area contributed by atoms with Crippen LogP contribution in [0.4, 0.5) is 4.39 Å². The van der Waals surface area contributed by atoms with Crippen LogP contribution in [0, 0.1) is 5.82 Å². The molecule has 0 fully saturated rings. The second kappa shape index (κ2) is 4.54. The molecular formula is C16H13FS. The Kier molecular flexibility index (Phi) is 2.88. The molecule has 0 atom stereocenters. The number of rotatable bonds is 2. The predicted molar refractivity (Wildman–Crippen MR) is 76.6 cm³/mol. The summed E-state index contributed by atoms with van der Waals surface area (Å²) < 4.78 is 13.8. The van der Waals surface area contributed by atoms with Crippen LogP contribution < -0.4 is 0 Å². The van der Waals surface area contributed by atoms with Crippen LogP contribution in [-0.2, 0) is 6.42 Å². The number of fused-ring (bicyclic) bond motifs is 1. The molecule has 3 aromatic rings. The van der Waals surface area contributed by atoms with Crippen LogP contribution in [-0.4, -0.2) is 0 Å². The average Bonchev–Trinajstić information content (AvgIpc) is 2.88. The lowest BCUT2D eigenvalue weighted by Crippen LogP contribution is -1.82. The predicted octanol–water partition coefficient (Wildman–Crippen LogP) is 5.27. The first-order chi connectivity index (χ1) is 8.79. The maximum Gasteiger partial charge on any atom is 0.131 e. The second-order valence-electron chi connectivity index (χ2n) is 4.26. The van der Waals surface area contributed by atoms with Crippen molar-refractivity contribution in [3.8, 4) is 10.4 Å². The number of thiophene rings is 1. The van der Waals surface area contributed by atoms with Crippen molar-refractivity contribution in [2.45, 2.75) is 13.3 Å². The van der Waals surface area contributed by atoms with Crippen molar-refractivity contribution in [3.05, 3.63) is 59.2 Å². The van der Waals surface area contributed by atoms with Crippen molar-refractivity contribution in [2.24, 2.45) is 0 Å². The molecule has 1 heterocycles. The highest BCUT2D eigenvalue weighted by Crippen LogP contribution is 2.34. The van der Waals surface area contributed by atoms with Crippen LogP contribution in [0.2, 0.25) is 0 Å². The van der Waals surface area contributed by atoms with Crippen molar-refractivity contribution in [1.29, 1.82) is 0 Å². The first-order valence-corrected chi connectivity index (χ1v) is 6.87. The van der Waals surface area contributed by atoms with Gasteiger partial charge in [-0.2, -0.15) is 0 Å². The smallest absolute Gasteiger partial charge is 0.131 e. The zero-order chi connectivity index (χ0) is 12.5. The molecule has 0 saturated carbocycles. The summed E-state index contributed by atoms with van der Waals surface area (Å²) in [6.45, 7) is 2.15. The van der Waals surface area contributed by atoms with E-state index < -0.39 is 0 Å². The van der Waals surface area contributed by atoms with E-state index >= 15 is 0 Å². The van der Waals surface area contributed by atoms with Crippen LogP contribution in [0.3, 0.4) is 0 Å². The molecule has 18 heavy (non-hydrogen) atoms. The molecule has 0 spiro atoms. The van der Waals surface area contributed by atoms with E-state index in [1.54, 1.807) is 17.4 Å². The maximum atomic E-state index is 13.8. The summed E-state index contributed by atoms with van der Waals surface area (Å²) in [6.07, 6.45) is 1.05. The molecular weight excluding hydrogens is 243 g/mol. The van der Waals surface area contributed by atoms with Gasteiger partial charge in [-0.3, -0.25) is 0 Å². The number of hydrogen-bond donors (Lipinski definition) is 0. The fourth-order valence-electron chi connectivity index (χ4n) is 2.19. The maximum absolute atomic E-state index is 13.8. The SMILES string of the molecule is CCc1ccc(-c2ccc(F)c3ccccc23)s1. The van der Waals surface area contributed by atoms with E-state index in [-0.39, 0.29) is 5.82 Å². The van der Waals surface area contributed by atoms with Gasteiger partial charge in [0.15, 0.2) is 0 Å². The van der Waals surface area contributed by atoms with Crippen molar-refractivity contribution in [2.75, 3.05) is 0 Å². The topological polar surface area (TPSA) is 0 Å². The van der Waals surface area contributed by atoms with E-state index in [4.69, 9.17) is 0 Å². The monoisotopic (exact) mass is 256 g/mol. The molecule has 1 aromatic heterocycles. The molecule has 0 amide bonds. The second-order valence-corrected chi connectivity index (χ2v) is 5.43. The summed E-state index contributed by atoms with van der Waals surface area (Å²) in [5, 5.41) is 1.68. The first-order valence-electron chi connectivity index (χ1n) is 6.06. The first kappa shape index (κ1) is 11.4. The molecule has 0 N–H and O–H groups in total. The lowest BCUT2D eigenvalue weighted by atomic mass is 10.0. The minimum atomic E-state index is -0.151. The molecule has 90 valence electrons. The Bertz CT molecular complexity index is 697. The standard InChI is InChI=1S/C16H13FS/c1-2-11-7-10-16(18-11)14-8-9-15(17)13-6-4-3-5-12(13)14/h3-10H,2H2,1H3. The van der Waals surface area contributed by atoms with E-state index in [1.807, 2.05) is 30.3 Å². The zero-order valence-corrected chi connectivity index (χ0v) is 10.9. The summed E-state index contributed by atoms with van der Waals surface area (Å²) in [4.78, 5) is 2.57. The average molecular weight is 256 g/mol. The Morgan fingerprint density at radius 2 is 1.72 bits per heavy atom. The summed E-state index contributed by atoms with van der Waals surface area (Å²) >= 11 is 1.78. The van der Waals surface area contributed by atoms with E-state index in [9.17, 15) is 4.39 Å². The molecule has 0 aliphatic rings. The molecule has 0 unspecified atom stereocenters. The minimum absolute atomic E-state index is 0.151. The molecule has 0 radical (unpaired) electrons. The molecule has 0 bridgehead atoms. The highest BCUT2D eigenvalue weighted by Gasteiger charge is 2.08. The van der Waals surface area contributed by atoms with E-state index in [0.29, 0.717) is 5.39 Å². The van der Waals surface area contributed by atoms with Gasteiger partial charge < -0.3 is 0 Å². The Balaban J connectivity index is 2.26. The third-order valence-electron chi connectivity index (χ3n) is 3.15. The van der Waals surface area contributed by atoms with Crippen LogP contribution >= 0.6 is 11.3 Å². The van der Waals surface area contributed by atoms with Gasteiger partial charge in [-0.15, -0.1) is 11.3 Å². The molecule has 3 rings (SSSR count). The summed E-state index contributed by atoms with van der Waals surface area (Å²) in [5.74, 6) is -0.151. The number of benzene rings is 2. The van der Waals surface area contributed by atoms with Gasteiger partial charge in [0.1, 0.15) is 5.82 Å². The van der Waals surface area contributed by atoms with Gasteiger partial charge in [0.25, 0.3) is 0 Å². The van der Waals surface area contributed by atoms with E-state index in [0.717, 1.165) is 17.4 Å². The number of aryl methyl sites for hydroxylation is 1. The van der Waals surface area contributed by atoms with Gasteiger partial charge in [-0.25, -0.2) is 4.39 Å². The fraction of sp³-hybridized carbons (Fsp3) is 0.125. The van der Waals surface area contributed by atoms with Crippen molar-refractivity contribution in [1.82, 2.24) is 0 Å². The molecule has 0 aliphatic heterocycles. The van der Waals surface area contributed by atoms with Gasteiger partial charge in [0.2, 0.25) is 0 Å². The lowest BCUT2D eigenvalue weighted by molar-refractivity contribution is 0.640. The summed E-state index contributed by atoms with van der Waals surface area (Å²) in [7, 11) is 0. The highest BCUT2D eigenvalue weighted by atomic mass is 32.1. The molecule has 0 nitrogen and oxygen atoms in total. The van der Waals surface area contributed by atoms with E-state index in [2.05, 4.69) is 19.1 Å². The Morgan fingerprint density at radius 1 is 0.944 bits per heavy atom. The normalized spacial score (nSPS) is 11.0. The number of hydrogen-bond acceptors (Lipinski definition) is 1. The van der Waals surface area contributed by atoms with Crippen LogP contribution in [0.15, 0.2) is 48.5 Å². The molecule has 0 saturated heterocycles. The van der Waals surface area contributed by atoms with E-state index in [1.165, 1.54) is 9.75 Å². The minimum Gasteiger partial charge on any atom is -0.206 e. The third-order valence-corrected chi connectivity index (χ3v) is 4.41. The Hall–Kier alpha value is -1.67. The van der Waals surface area contributed by atoms with Crippen LogP contribution in [0.25, 0.3) is 21.2 Å². The van der Waals surface area contributed by atoms with Gasteiger partial charge >= 0.3 is 0 Å². The molecule has 2 heteroatoms.